The summed E-state index contributed by atoms with van der Waals surface area (Å²) in [5.74, 6) is -0.580. The van der Waals surface area contributed by atoms with Gasteiger partial charge in [-0.3, -0.25) is 10.1 Å². The molecule has 1 aliphatic heterocycles. The average molecular weight is 296 g/mol. The van der Waals surface area contributed by atoms with Crippen LogP contribution in [0.25, 0.3) is 0 Å². The standard InChI is InChI=1S/C15H21FN2O3/c1-2-7-17-13-6-8-21-10-12(13)9-11-4-3-5-14(15(11)16)18(19)20/h3-5,12-13,17H,2,6-10H2,1H3. The van der Waals surface area contributed by atoms with Crippen LogP contribution in [0, 0.1) is 21.8 Å². The highest BCUT2D eigenvalue weighted by molar-refractivity contribution is 5.37. The van der Waals surface area contributed by atoms with Crippen LogP contribution >= 0.6 is 0 Å². The highest BCUT2D eigenvalue weighted by Crippen LogP contribution is 2.25. The Morgan fingerprint density at radius 1 is 1.52 bits per heavy atom. The van der Waals surface area contributed by atoms with Gasteiger partial charge in [0, 0.05) is 24.6 Å². The van der Waals surface area contributed by atoms with E-state index in [1.54, 1.807) is 6.07 Å². The minimum absolute atomic E-state index is 0.141. The summed E-state index contributed by atoms with van der Waals surface area (Å²) >= 11 is 0. The summed E-state index contributed by atoms with van der Waals surface area (Å²) in [6, 6.07) is 4.63. The number of nitro benzene ring substituents is 1. The molecule has 5 nitrogen and oxygen atoms in total. The lowest BCUT2D eigenvalue weighted by Gasteiger charge is -2.32. The zero-order chi connectivity index (χ0) is 15.2. The van der Waals surface area contributed by atoms with E-state index in [4.69, 9.17) is 4.74 Å². The molecule has 0 spiro atoms. The van der Waals surface area contributed by atoms with Crippen molar-refractivity contribution in [2.75, 3.05) is 19.8 Å². The molecule has 1 aliphatic rings. The molecule has 1 fully saturated rings. The lowest BCUT2D eigenvalue weighted by atomic mass is 9.89. The first-order valence-electron chi connectivity index (χ1n) is 7.36. The van der Waals surface area contributed by atoms with E-state index in [1.165, 1.54) is 12.1 Å². The molecule has 21 heavy (non-hydrogen) atoms. The molecule has 0 radical (unpaired) electrons. The van der Waals surface area contributed by atoms with Crippen LogP contribution in [0.3, 0.4) is 0 Å². The summed E-state index contributed by atoms with van der Waals surface area (Å²) in [6.07, 6.45) is 2.38. The van der Waals surface area contributed by atoms with Crippen LogP contribution in [0.1, 0.15) is 25.3 Å². The van der Waals surface area contributed by atoms with Crippen molar-refractivity contribution in [3.63, 3.8) is 0 Å². The lowest BCUT2D eigenvalue weighted by molar-refractivity contribution is -0.387. The molecule has 0 aliphatic carbocycles. The molecule has 1 aromatic carbocycles. The zero-order valence-electron chi connectivity index (χ0n) is 12.2. The monoisotopic (exact) mass is 296 g/mol. The van der Waals surface area contributed by atoms with E-state index in [0.29, 0.717) is 25.2 Å². The van der Waals surface area contributed by atoms with Crippen molar-refractivity contribution in [2.24, 2.45) is 5.92 Å². The molecular formula is C15H21FN2O3. The number of ether oxygens (including phenoxy) is 1. The molecule has 0 bridgehead atoms. The number of nitrogens with zero attached hydrogens (tertiary/aromatic N) is 1. The number of nitro groups is 1. The molecule has 0 aromatic heterocycles. The number of hydrogen-bond acceptors (Lipinski definition) is 4. The van der Waals surface area contributed by atoms with Gasteiger partial charge < -0.3 is 10.1 Å². The third-order valence-electron chi connectivity index (χ3n) is 3.87. The Labute approximate surface area is 123 Å². The second-order valence-electron chi connectivity index (χ2n) is 5.40. The normalized spacial score (nSPS) is 22.2. The van der Waals surface area contributed by atoms with Gasteiger partial charge in [-0.05, 0) is 31.4 Å². The molecule has 1 heterocycles. The fourth-order valence-corrected chi connectivity index (χ4v) is 2.74. The smallest absolute Gasteiger partial charge is 0.305 e. The van der Waals surface area contributed by atoms with Gasteiger partial charge in [-0.2, -0.15) is 4.39 Å². The molecule has 0 amide bonds. The first kappa shape index (κ1) is 15.9. The summed E-state index contributed by atoms with van der Waals surface area (Å²) in [6.45, 7) is 4.28. The summed E-state index contributed by atoms with van der Waals surface area (Å²) in [4.78, 5) is 10.1. The Morgan fingerprint density at radius 2 is 2.33 bits per heavy atom. The van der Waals surface area contributed by atoms with Crippen molar-refractivity contribution in [1.82, 2.24) is 5.32 Å². The van der Waals surface area contributed by atoms with Gasteiger partial charge >= 0.3 is 5.69 Å². The molecule has 6 heteroatoms. The lowest BCUT2D eigenvalue weighted by Crippen LogP contribution is -2.44. The van der Waals surface area contributed by atoms with Crippen molar-refractivity contribution >= 4 is 5.69 Å². The fourth-order valence-electron chi connectivity index (χ4n) is 2.74. The number of nitrogens with one attached hydrogen (secondary N) is 1. The molecule has 2 unspecified atom stereocenters. The highest BCUT2D eigenvalue weighted by atomic mass is 19.1. The summed E-state index contributed by atoms with van der Waals surface area (Å²) in [7, 11) is 0. The van der Waals surface area contributed by atoms with Crippen molar-refractivity contribution < 1.29 is 14.1 Å². The van der Waals surface area contributed by atoms with Crippen molar-refractivity contribution in [3.05, 3.63) is 39.7 Å². The van der Waals surface area contributed by atoms with Crippen LogP contribution in [0.2, 0.25) is 0 Å². The summed E-state index contributed by atoms with van der Waals surface area (Å²) < 4.78 is 19.6. The molecule has 2 rings (SSSR count). The SMILES string of the molecule is CCCNC1CCOCC1Cc1cccc([N+](=O)[O-])c1F. The second-order valence-corrected chi connectivity index (χ2v) is 5.40. The Balaban J connectivity index is 2.11. The van der Waals surface area contributed by atoms with Crippen LogP contribution in [-0.4, -0.2) is 30.7 Å². The van der Waals surface area contributed by atoms with E-state index in [9.17, 15) is 14.5 Å². The molecule has 1 aromatic rings. The van der Waals surface area contributed by atoms with Crippen LogP contribution in [-0.2, 0) is 11.2 Å². The number of rotatable bonds is 6. The first-order valence-corrected chi connectivity index (χ1v) is 7.36. The molecule has 0 saturated carbocycles. The maximum absolute atomic E-state index is 14.2. The van der Waals surface area contributed by atoms with Crippen LogP contribution in [0.15, 0.2) is 18.2 Å². The van der Waals surface area contributed by atoms with Gasteiger partial charge in [0.25, 0.3) is 0 Å². The fraction of sp³-hybridized carbons (Fsp3) is 0.600. The van der Waals surface area contributed by atoms with E-state index < -0.39 is 16.4 Å². The summed E-state index contributed by atoms with van der Waals surface area (Å²) in [5.41, 5.74) is -0.0645. The van der Waals surface area contributed by atoms with E-state index in [-0.39, 0.29) is 12.0 Å². The summed E-state index contributed by atoms with van der Waals surface area (Å²) in [5, 5.41) is 14.3. The molecule has 116 valence electrons. The zero-order valence-corrected chi connectivity index (χ0v) is 12.2. The van der Waals surface area contributed by atoms with Crippen LogP contribution < -0.4 is 5.32 Å². The van der Waals surface area contributed by atoms with Crippen molar-refractivity contribution in [3.8, 4) is 0 Å². The molecule has 1 N–H and O–H groups in total. The maximum Gasteiger partial charge on any atom is 0.305 e. The number of hydrogen-bond donors (Lipinski definition) is 1. The Kier molecular flexibility index (Phi) is 5.64. The van der Waals surface area contributed by atoms with Gasteiger partial charge in [-0.15, -0.1) is 0 Å². The van der Waals surface area contributed by atoms with Gasteiger partial charge in [0.2, 0.25) is 5.82 Å². The Morgan fingerprint density at radius 3 is 3.05 bits per heavy atom. The van der Waals surface area contributed by atoms with Crippen molar-refractivity contribution in [1.29, 1.82) is 0 Å². The third-order valence-corrected chi connectivity index (χ3v) is 3.87. The second kappa shape index (κ2) is 7.47. The number of halogens is 1. The van der Waals surface area contributed by atoms with Gasteiger partial charge in [-0.25, -0.2) is 0 Å². The highest BCUT2D eigenvalue weighted by Gasteiger charge is 2.27. The third kappa shape index (κ3) is 3.98. The van der Waals surface area contributed by atoms with Gasteiger partial charge in [0.15, 0.2) is 0 Å². The first-order chi connectivity index (χ1) is 10.1. The topological polar surface area (TPSA) is 64.4 Å². The van der Waals surface area contributed by atoms with E-state index in [2.05, 4.69) is 12.2 Å². The van der Waals surface area contributed by atoms with Crippen LogP contribution in [0.4, 0.5) is 10.1 Å². The maximum atomic E-state index is 14.2. The van der Waals surface area contributed by atoms with E-state index in [1.807, 2.05) is 0 Å². The number of benzene rings is 1. The van der Waals surface area contributed by atoms with Gasteiger partial charge in [0.05, 0.1) is 11.5 Å². The largest absolute Gasteiger partial charge is 0.381 e. The minimum Gasteiger partial charge on any atom is -0.381 e. The Hall–Kier alpha value is -1.53. The van der Waals surface area contributed by atoms with Crippen LogP contribution in [0.5, 0.6) is 0 Å². The van der Waals surface area contributed by atoms with Gasteiger partial charge in [0.1, 0.15) is 0 Å². The van der Waals surface area contributed by atoms with E-state index >= 15 is 0 Å². The molecule has 1 saturated heterocycles. The quantitative estimate of drug-likeness (QED) is 0.647. The predicted molar refractivity (Wildman–Crippen MR) is 77.8 cm³/mol. The van der Waals surface area contributed by atoms with Crippen molar-refractivity contribution in [2.45, 2.75) is 32.2 Å². The average Bonchev–Trinajstić information content (AvgIpc) is 2.48. The Bertz CT molecular complexity index is 496. The molecular weight excluding hydrogens is 275 g/mol. The van der Waals surface area contributed by atoms with E-state index in [0.717, 1.165) is 19.4 Å². The molecule has 2 atom stereocenters. The minimum atomic E-state index is -0.720. The predicted octanol–water partition coefficient (Wildman–Crippen LogP) is 2.68. The van der Waals surface area contributed by atoms with Gasteiger partial charge in [-0.1, -0.05) is 19.1 Å².